The van der Waals surface area contributed by atoms with Gasteiger partial charge in [0, 0.05) is 18.3 Å². The van der Waals surface area contributed by atoms with Crippen molar-refractivity contribution in [2.24, 2.45) is 0 Å². The van der Waals surface area contributed by atoms with E-state index in [-0.39, 0.29) is 0 Å². The highest BCUT2D eigenvalue weighted by atomic mass is 16.6. The van der Waals surface area contributed by atoms with Gasteiger partial charge in [-0.25, -0.2) is 9.59 Å². The van der Waals surface area contributed by atoms with Crippen LogP contribution in [0.5, 0.6) is 0 Å². The predicted molar refractivity (Wildman–Crippen MR) is 67.6 cm³/mol. The molecule has 1 amide bonds. The molecule has 1 atom stereocenters. The molecule has 7 nitrogen and oxygen atoms in total. The molecule has 0 saturated heterocycles. The van der Waals surface area contributed by atoms with Crippen molar-refractivity contribution in [3.63, 3.8) is 0 Å². The van der Waals surface area contributed by atoms with E-state index in [0.717, 1.165) is 0 Å². The van der Waals surface area contributed by atoms with E-state index in [1.165, 1.54) is 6.20 Å². The molecule has 19 heavy (non-hydrogen) atoms. The summed E-state index contributed by atoms with van der Waals surface area (Å²) in [6.45, 7) is 7.62. The van der Waals surface area contributed by atoms with Crippen molar-refractivity contribution >= 4 is 12.1 Å². The van der Waals surface area contributed by atoms with Gasteiger partial charge in [-0.3, -0.25) is 4.68 Å². The van der Waals surface area contributed by atoms with Crippen LogP contribution >= 0.6 is 0 Å². The van der Waals surface area contributed by atoms with Crippen molar-refractivity contribution in [1.82, 2.24) is 15.1 Å². The molecule has 2 N–H and O–H groups in total. The van der Waals surface area contributed by atoms with Crippen LogP contribution in [-0.2, 0) is 16.1 Å². The second kappa shape index (κ2) is 5.73. The number of ether oxygens (including phenoxy) is 1. The number of hydrogen-bond acceptors (Lipinski definition) is 4. The summed E-state index contributed by atoms with van der Waals surface area (Å²) in [6.07, 6.45) is 2.22. The summed E-state index contributed by atoms with van der Waals surface area (Å²) >= 11 is 0. The quantitative estimate of drug-likeness (QED) is 0.865. The maximum absolute atomic E-state index is 11.6. The van der Waals surface area contributed by atoms with Crippen molar-refractivity contribution in [1.29, 1.82) is 0 Å². The molecule has 0 saturated carbocycles. The van der Waals surface area contributed by atoms with Crippen LogP contribution in [0.1, 0.15) is 39.3 Å². The third-order valence-corrected chi connectivity index (χ3v) is 2.22. The number of aliphatic carboxylic acids is 1. The van der Waals surface area contributed by atoms with Gasteiger partial charge in [0.1, 0.15) is 5.60 Å². The average molecular weight is 269 g/mol. The lowest BCUT2D eigenvalue weighted by Crippen LogP contribution is -2.37. The molecule has 1 rings (SSSR count). The third-order valence-electron chi connectivity index (χ3n) is 2.22. The number of carboxylic acids is 1. The normalized spacial score (nSPS) is 12.8. The van der Waals surface area contributed by atoms with E-state index >= 15 is 0 Å². The minimum atomic E-state index is -1.17. The Labute approximate surface area is 111 Å². The number of aryl methyl sites for hydroxylation is 1. The summed E-state index contributed by atoms with van der Waals surface area (Å²) in [4.78, 5) is 22.8. The zero-order valence-corrected chi connectivity index (χ0v) is 11.5. The van der Waals surface area contributed by atoms with Gasteiger partial charge in [0.05, 0.1) is 6.20 Å². The predicted octanol–water partition coefficient (Wildman–Crippen LogP) is 1.55. The smallest absolute Gasteiger partial charge is 0.408 e. The number of nitrogens with one attached hydrogen (secondary N) is 1. The first-order valence-corrected chi connectivity index (χ1v) is 5.97. The maximum atomic E-state index is 11.6. The van der Waals surface area contributed by atoms with Gasteiger partial charge >= 0.3 is 12.1 Å². The topological polar surface area (TPSA) is 93.5 Å². The first-order valence-electron chi connectivity index (χ1n) is 5.97. The summed E-state index contributed by atoms with van der Waals surface area (Å²) < 4.78 is 6.62. The number of carbonyl (C=O) groups is 2. The SMILES string of the molecule is CCn1cc([C@H](NC(=O)OC(C)(C)C)C(=O)O)cn1. The van der Waals surface area contributed by atoms with Crippen LogP contribution in [0.4, 0.5) is 4.79 Å². The van der Waals surface area contributed by atoms with Crippen LogP contribution in [-0.4, -0.2) is 32.6 Å². The fraction of sp³-hybridized carbons (Fsp3) is 0.583. The number of alkyl carbamates (subject to hydrolysis) is 1. The largest absolute Gasteiger partial charge is 0.479 e. The highest BCUT2D eigenvalue weighted by molar-refractivity contribution is 5.81. The number of aromatic nitrogens is 2. The van der Waals surface area contributed by atoms with Crippen molar-refractivity contribution < 1.29 is 19.4 Å². The first kappa shape index (κ1) is 15.0. The van der Waals surface area contributed by atoms with Crippen molar-refractivity contribution in [3.05, 3.63) is 18.0 Å². The molecule has 1 aromatic rings. The number of hydrogen-bond donors (Lipinski definition) is 2. The molecule has 1 aromatic heterocycles. The minimum absolute atomic E-state index is 0.403. The van der Waals surface area contributed by atoms with Gasteiger partial charge in [0.2, 0.25) is 0 Å². The molecule has 7 heteroatoms. The summed E-state index contributed by atoms with van der Waals surface area (Å²) in [7, 11) is 0. The lowest BCUT2D eigenvalue weighted by atomic mass is 10.1. The Hall–Kier alpha value is -2.05. The summed E-state index contributed by atoms with van der Waals surface area (Å²) in [5.74, 6) is -1.17. The van der Waals surface area contributed by atoms with Crippen LogP contribution in [0, 0.1) is 0 Å². The molecule has 0 radical (unpaired) electrons. The van der Waals surface area contributed by atoms with Crippen LogP contribution in [0.2, 0.25) is 0 Å². The van der Waals surface area contributed by atoms with Crippen LogP contribution in [0.15, 0.2) is 12.4 Å². The van der Waals surface area contributed by atoms with Crippen LogP contribution in [0.3, 0.4) is 0 Å². The van der Waals surface area contributed by atoms with Gasteiger partial charge in [-0.2, -0.15) is 5.10 Å². The highest BCUT2D eigenvalue weighted by Gasteiger charge is 2.26. The van der Waals surface area contributed by atoms with Gasteiger partial charge in [0.25, 0.3) is 0 Å². The van der Waals surface area contributed by atoms with Crippen molar-refractivity contribution in [3.8, 4) is 0 Å². The molecule has 1 heterocycles. The minimum Gasteiger partial charge on any atom is -0.479 e. The summed E-state index contributed by atoms with van der Waals surface area (Å²) in [5, 5.41) is 15.4. The molecule has 0 unspecified atom stereocenters. The van der Waals surface area contributed by atoms with Gasteiger partial charge in [-0.05, 0) is 27.7 Å². The zero-order chi connectivity index (χ0) is 14.6. The Morgan fingerprint density at radius 3 is 2.58 bits per heavy atom. The fourth-order valence-corrected chi connectivity index (χ4v) is 1.41. The van der Waals surface area contributed by atoms with E-state index in [0.29, 0.717) is 12.1 Å². The van der Waals surface area contributed by atoms with Gasteiger partial charge in [0.15, 0.2) is 6.04 Å². The van der Waals surface area contributed by atoms with E-state index in [1.54, 1.807) is 31.6 Å². The Kier molecular flexibility index (Phi) is 4.52. The second-order valence-corrected chi connectivity index (χ2v) is 5.05. The third kappa shape index (κ3) is 4.61. The number of carbonyl (C=O) groups excluding carboxylic acids is 1. The average Bonchev–Trinajstić information content (AvgIpc) is 2.71. The molecular weight excluding hydrogens is 250 g/mol. The lowest BCUT2D eigenvalue weighted by Gasteiger charge is -2.21. The fourth-order valence-electron chi connectivity index (χ4n) is 1.41. The zero-order valence-electron chi connectivity index (χ0n) is 11.5. The molecule has 0 aromatic carbocycles. The van der Waals surface area contributed by atoms with Crippen molar-refractivity contribution in [2.75, 3.05) is 0 Å². The number of carboxylic acid groups (broad SMARTS) is 1. The van der Waals surface area contributed by atoms with Gasteiger partial charge < -0.3 is 15.2 Å². The molecule has 106 valence electrons. The Balaban J connectivity index is 2.79. The molecule has 0 aliphatic rings. The highest BCUT2D eigenvalue weighted by Crippen LogP contribution is 2.14. The maximum Gasteiger partial charge on any atom is 0.408 e. The molecule has 0 aliphatic heterocycles. The number of nitrogens with zero attached hydrogens (tertiary/aromatic N) is 2. The Morgan fingerprint density at radius 2 is 2.16 bits per heavy atom. The number of amides is 1. The van der Waals surface area contributed by atoms with E-state index in [2.05, 4.69) is 10.4 Å². The summed E-state index contributed by atoms with van der Waals surface area (Å²) in [6, 6.07) is -1.17. The van der Waals surface area contributed by atoms with Gasteiger partial charge in [-0.1, -0.05) is 0 Å². The molecular formula is C12H19N3O4. The molecule has 0 aliphatic carbocycles. The molecule has 0 bridgehead atoms. The molecule has 0 fully saturated rings. The van der Waals surface area contributed by atoms with Crippen LogP contribution in [0.25, 0.3) is 0 Å². The van der Waals surface area contributed by atoms with E-state index < -0.39 is 23.7 Å². The first-order chi connectivity index (χ1) is 8.73. The van der Waals surface area contributed by atoms with E-state index in [9.17, 15) is 9.59 Å². The van der Waals surface area contributed by atoms with Crippen LogP contribution < -0.4 is 5.32 Å². The summed E-state index contributed by atoms with van der Waals surface area (Å²) in [5.41, 5.74) is -0.277. The van der Waals surface area contributed by atoms with Crippen molar-refractivity contribution in [2.45, 2.75) is 45.9 Å². The second-order valence-electron chi connectivity index (χ2n) is 5.05. The Morgan fingerprint density at radius 1 is 1.53 bits per heavy atom. The molecule has 0 spiro atoms. The van der Waals surface area contributed by atoms with Gasteiger partial charge in [-0.15, -0.1) is 0 Å². The monoisotopic (exact) mass is 269 g/mol. The van der Waals surface area contributed by atoms with E-state index in [1.807, 2.05) is 6.92 Å². The lowest BCUT2D eigenvalue weighted by molar-refractivity contribution is -0.139. The Bertz CT molecular complexity index is 462. The number of rotatable bonds is 4. The van der Waals surface area contributed by atoms with E-state index in [4.69, 9.17) is 9.84 Å². The standard InChI is InChI=1S/C12H19N3O4/c1-5-15-7-8(6-13-15)9(10(16)17)14-11(18)19-12(2,3)4/h6-7,9H,5H2,1-4H3,(H,14,18)(H,16,17)/t9-/m0/s1.